The average molecular weight is 343 g/mol. The Morgan fingerprint density at radius 3 is 2.96 bits per heavy atom. The molecule has 25 heavy (non-hydrogen) atoms. The molecule has 0 bridgehead atoms. The lowest BCUT2D eigenvalue weighted by Gasteiger charge is -2.23. The number of nitrogens with zero attached hydrogens (tertiary/aromatic N) is 6. The van der Waals surface area contributed by atoms with Gasteiger partial charge in [-0.15, -0.1) is 0 Å². The molecule has 0 spiro atoms. The molecule has 1 aliphatic heterocycles. The molecule has 0 radical (unpaired) electrons. The van der Waals surface area contributed by atoms with Crippen molar-refractivity contribution in [3.63, 3.8) is 0 Å². The van der Waals surface area contributed by atoms with E-state index in [-0.39, 0.29) is 18.5 Å². The van der Waals surface area contributed by atoms with E-state index in [4.69, 9.17) is 10.4 Å². The Morgan fingerprint density at radius 1 is 1.36 bits per heavy atom. The molecule has 1 fully saturated rings. The van der Waals surface area contributed by atoms with Gasteiger partial charge < -0.3 is 15.4 Å². The average Bonchev–Trinajstić information content (AvgIpc) is 3.32. The number of imidazole rings is 1. The molecule has 132 valence electrons. The van der Waals surface area contributed by atoms with Crippen LogP contribution in [0, 0.1) is 0 Å². The predicted molar refractivity (Wildman–Crippen MR) is 91.4 cm³/mol. The van der Waals surface area contributed by atoms with Crippen LogP contribution >= 0.6 is 0 Å². The third-order valence-electron chi connectivity index (χ3n) is 4.85. The van der Waals surface area contributed by atoms with Gasteiger partial charge in [-0.3, -0.25) is 9.88 Å². The fourth-order valence-corrected chi connectivity index (χ4v) is 3.64. The first kappa shape index (κ1) is 16.0. The molecular formula is C16H21N7O2. The molecule has 3 aromatic heterocycles. The van der Waals surface area contributed by atoms with Crippen molar-refractivity contribution >= 4 is 16.9 Å². The van der Waals surface area contributed by atoms with Crippen LogP contribution in [-0.2, 0) is 13.1 Å². The molecular weight excluding hydrogens is 322 g/mol. The number of hydrogen-bond donors (Lipinski definition) is 2. The van der Waals surface area contributed by atoms with Crippen LogP contribution in [0.1, 0.15) is 25.3 Å². The number of hydrogen-bond acceptors (Lipinski definition) is 8. The van der Waals surface area contributed by atoms with Crippen molar-refractivity contribution in [2.24, 2.45) is 0 Å². The molecule has 9 heteroatoms. The van der Waals surface area contributed by atoms with E-state index in [0.29, 0.717) is 18.1 Å². The van der Waals surface area contributed by atoms with Crippen molar-refractivity contribution in [1.82, 2.24) is 29.7 Å². The van der Waals surface area contributed by atoms with E-state index in [2.05, 4.69) is 29.7 Å². The summed E-state index contributed by atoms with van der Waals surface area (Å²) < 4.78 is 6.79. The van der Waals surface area contributed by atoms with Gasteiger partial charge in [0.05, 0.1) is 18.3 Å². The number of aliphatic hydroxyl groups is 1. The zero-order chi connectivity index (χ0) is 17.4. The minimum Gasteiger partial charge on any atom is -0.395 e. The number of anilines is 1. The fourth-order valence-electron chi connectivity index (χ4n) is 3.64. The summed E-state index contributed by atoms with van der Waals surface area (Å²) in [5, 5.41) is 17.1. The minimum absolute atomic E-state index is 0.183. The topological polar surface area (TPSA) is 119 Å². The van der Waals surface area contributed by atoms with E-state index in [1.54, 1.807) is 6.20 Å². The number of nitrogens with two attached hydrogens (primary N) is 1. The van der Waals surface area contributed by atoms with Gasteiger partial charge >= 0.3 is 0 Å². The smallest absolute Gasteiger partial charge is 0.199 e. The lowest BCUT2D eigenvalue weighted by molar-refractivity contribution is 0.154. The van der Waals surface area contributed by atoms with Crippen LogP contribution in [0.3, 0.4) is 0 Å². The predicted octanol–water partition coefficient (Wildman–Crippen LogP) is 1.04. The molecule has 0 aliphatic carbocycles. The van der Waals surface area contributed by atoms with Crippen molar-refractivity contribution in [3.8, 4) is 11.5 Å². The van der Waals surface area contributed by atoms with Crippen LogP contribution in [0.2, 0.25) is 0 Å². The number of aryl methyl sites for hydroxylation is 1. The van der Waals surface area contributed by atoms with Gasteiger partial charge in [0.25, 0.3) is 0 Å². The highest BCUT2D eigenvalue weighted by Gasteiger charge is 2.26. The standard InChI is InChI=1S/C16H21N7O2/c1-2-23-14-10(8-22-5-3-4-11(22)9-24)6-18-7-12(14)19-16(23)13-15(17)21-25-20-13/h6-7,11,24H,2-5,8-9H2,1H3,(H2,17,21)/t11-/m0/s1. The Labute approximate surface area is 144 Å². The molecule has 1 aliphatic rings. The van der Waals surface area contributed by atoms with Gasteiger partial charge in [0.2, 0.25) is 0 Å². The van der Waals surface area contributed by atoms with Crippen molar-refractivity contribution in [2.45, 2.75) is 38.9 Å². The molecule has 4 heterocycles. The Bertz CT molecular complexity index is 888. The SMILES string of the molecule is CCn1c(-c2nonc2N)nc2cncc(CN3CCC[C@H]3CO)c21. The Balaban J connectivity index is 1.81. The van der Waals surface area contributed by atoms with Crippen LogP contribution in [0.15, 0.2) is 17.0 Å². The van der Waals surface area contributed by atoms with Gasteiger partial charge in [0.15, 0.2) is 17.3 Å². The molecule has 0 unspecified atom stereocenters. The first-order valence-corrected chi connectivity index (χ1v) is 8.49. The highest BCUT2D eigenvalue weighted by molar-refractivity contribution is 5.83. The minimum atomic E-state index is 0.183. The second-order valence-corrected chi connectivity index (χ2v) is 6.29. The van der Waals surface area contributed by atoms with Crippen molar-refractivity contribution in [1.29, 1.82) is 0 Å². The summed E-state index contributed by atoms with van der Waals surface area (Å²) in [6.45, 7) is 4.65. The van der Waals surface area contributed by atoms with Crippen LogP contribution in [0.25, 0.3) is 22.6 Å². The second-order valence-electron chi connectivity index (χ2n) is 6.29. The highest BCUT2D eigenvalue weighted by Crippen LogP contribution is 2.29. The molecule has 3 aromatic rings. The van der Waals surface area contributed by atoms with Crippen LogP contribution in [0.4, 0.5) is 5.82 Å². The van der Waals surface area contributed by atoms with Gasteiger partial charge in [0, 0.05) is 30.9 Å². The van der Waals surface area contributed by atoms with Gasteiger partial charge in [-0.1, -0.05) is 0 Å². The Hall–Kier alpha value is -2.52. The van der Waals surface area contributed by atoms with Gasteiger partial charge in [-0.05, 0) is 36.6 Å². The van der Waals surface area contributed by atoms with E-state index >= 15 is 0 Å². The molecule has 1 saturated heterocycles. The quantitative estimate of drug-likeness (QED) is 0.705. The number of aliphatic hydroxyl groups excluding tert-OH is 1. The third kappa shape index (κ3) is 2.65. The Kier molecular flexibility index (Phi) is 4.10. The summed E-state index contributed by atoms with van der Waals surface area (Å²) in [6.07, 6.45) is 5.75. The number of nitrogen functional groups attached to an aromatic ring is 1. The van der Waals surface area contributed by atoms with Crippen LogP contribution < -0.4 is 5.73 Å². The number of likely N-dealkylation sites (tertiary alicyclic amines) is 1. The highest BCUT2D eigenvalue weighted by atomic mass is 16.6. The van der Waals surface area contributed by atoms with Crippen molar-refractivity contribution in [2.75, 3.05) is 18.9 Å². The monoisotopic (exact) mass is 343 g/mol. The number of aromatic nitrogens is 5. The van der Waals surface area contributed by atoms with Gasteiger partial charge in [0.1, 0.15) is 5.52 Å². The van der Waals surface area contributed by atoms with E-state index < -0.39 is 0 Å². The van der Waals surface area contributed by atoms with E-state index in [1.807, 2.05) is 13.1 Å². The zero-order valence-electron chi connectivity index (χ0n) is 14.1. The zero-order valence-corrected chi connectivity index (χ0v) is 14.1. The number of rotatable bonds is 5. The summed E-state index contributed by atoms with van der Waals surface area (Å²) in [5.41, 5.74) is 9.17. The molecule has 0 saturated carbocycles. The first-order valence-electron chi connectivity index (χ1n) is 8.49. The van der Waals surface area contributed by atoms with Crippen LogP contribution in [0.5, 0.6) is 0 Å². The summed E-state index contributed by atoms with van der Waals surface area (Å²) in [6, 6.07) is 0.211. The molecule has 9 nitrogen and oxygen atoms in total. The van der Waals surface area contributed by atoms with E-state index in [0.717, 1.165) is 42.5 Å². The summed E-state index contributed by atoms with van der Waals surface area (Å²) in [7, 11) is 0. The van der Waals surface area contributed by atoms with E-state index in [1.165, 1.54) is 0 Å². The maximum atomic E-state index is 9.57. The summed E-state index contributed by atoms with van der Waals surface area (Å²) in [5.74, 6) is 0.852. The van der Waals surface area contributed by atoms with Gasteiger partial charge in [-0.25, -0.2) is 9.61 Å². The fraction of sp³-hybridized carbons (Fsp3) is 0.500. The third-order valence-corrected chi connectivity index (χ3v) is 4.85. The Morgan fingerprint density at radius 2 is 2.24 bits per heavy atom. The lowest BCUT2D eigenvalue weighted by atomic mass is 10.2. The lowest BCUT2D eigenvalue weighted by Crippen LogP contribution is -2.31. The summed E-state index contributed by atoms with van der Waals surface area (Å²) in [4.78, 5) is 11.3. The first-order chi connectivity index (χ1) is 12.2. The second kappa shape index (κ2) is 6.41. The summed E-state index contributed by atoms with van der Waals surface area (Å²) >= 11 is 0. The normalized spacial score (nSPS) is 18.4. The largest absolute Gasteiger partial charge is 0.395 e. The molecule has 0 amide bonds. The maximum Gasteiger partial charge on any atom is 0.199 e. The number of pyridine rings is 1. The molecule has 3 N–H and O–H groups in total. The van der Waals surface area contributed by atoms with E-state index in [9.17, 15) is 5.11 Å². The molecule has 0 aromatic carbocycles. The van der Waals surface area contributed by atoms with Crippen molar-refractivity contribution < 1.29 is 9.74 Å². The van der Waals surface area contributed by atoms with Gasteiger partial charge in [-0.2, -0.15) is 0 Å². The van der Waals surface area contributed by atoms with Crippen LogP contribution in [-0.4, -0.2) is 54.0 Å². The molecule has 4 rings (SSSR count). The molecule has 1 atom stereocenters. The maximum absolute atomic E-state index is 9.57. The van der Waals surface area contributed by atoms with Crippen molar-refractivity contribution in [3.05, 3.63) is 18.0 Å². The number of fused-ring (bicyclic) bond motifs is 1.